The lowest BCUT2D eigenvalue weighted by atomic mass is 9.67. The molecular formula is C12H23N. The molecule has 76 valence electrons. The lowest BCUT2D eigenvalue weighted by molar-refractivity contribution is 0.120. The van der Waals surface area contributed by atoms with Crippen LogP contribution in [0.3, 0.4) is 0 Å². The molecule has 1 nitrogen and oxygen atoms in total. The van der Waals surface area contributed by atoms with Gasteiger partial charge in [-0.25, -0.2) is 0 Å². The first-order chi connectivity index (χ1) is 5.99. The maximum Gasteiger partial charge on any atom is 0.0373 e. The average molecular weight is 181 g/mol. The molecule has 0 heterocycles. The Hall–Kier alpha value is -0.460. The molecule has 13 heavy (non-hydrogen) atoms. The van der Waals surface area contributed by atoms with Crippen molar-refractivity contribution in [1.82, 2.24) is 5.32 Å². The third kappa shape index (κ3) is 2.26. The maximum absolute atomic E-state index is 4.08. The van der Waals surface area contributed by atoms with Crippen molar-refractivity contribution in [3.8, 4) is 0 Å². The topological polar surface area (TPSA) is 12.0 Å². The molecule has 0 aromatic carbocycles. The van der Waals surface area contributed by atoms with E-state index in [1.807, 2.05) is 0 Å². The zero-order valence-corrected chi connectivity index (χ0v) is 9.48. The largest absolute Gasteiger partial charge is 0.383 e. The van der Waals surface area contributed by atoms with E-state index in [-0.39, 0.29) is 0 Å². The molecule has 0 aliphatic heterocycles. The van der Waals surface area contributed by atoms with Gasteiger partial charge in [0.15, 0.2) is 0 Å². The first kappa shape index (κ1) is 10.6. The van der Waals surface area contributed by atoms with E-state index in [2.05, 4.69) is 39.6 Å². The van der Waals surface area contributed by atoms with Gasteiger partial charge in [-0.05, 0) is 31.1 Å². The van der Waals surface area contributed by atoms with Crippen LogP contribution < -0.4 is 5.32 Å². The summed E-state index contributed by atoms with van der Waals surface area (Å²) in [6.45, 7) is 13.1. The molecule has 0 atom stereocenters. The van der Waals surface area contributed by atoms with E-state index >= 15 is 0 Å². The van der Waals surface area contributed by atoms with Gasteiger partial charge in [0, 0.05) is 11.2 Å². The first-order valence-electron chi connectivity index (χ1n) is 5.46. The molecular weight excluding hydrogens is 158 g/mol. The highest BCUT2D eigenvalue weighted by Crippen LogP contribution is 2.40. The molecule has 1 saturated carbocycles. The van der Waals surface area contributed by atoms with Crippen molar-refractivity contribution in [2.45, 2.75) is 52.5 Å². The third-order valence-electron chi connectivity index (χ3n) is 3.28. The van der Waals surface area contributed by atoms with Crippen molar-refractivity contribution in [3.63, 3.8) is 0 Å². The van der Waals surface area contributed by atoms with Crippen LogP contribution in [0, 0.1) is 11.8 Å². The minimum atomic E-state index is 0.390. The molecule has 0 aromatic rings. The molecule has 1 aliphatic carbocycles. The molecule has 0 saturated heterocycles. The second kappa shape index (κ2) is 3.73. The van der Waals surface area contributed by atoms with Crippen molar-refractivity contribution in [2.24, 2.45) is 11.8 Å². The summed E-state index contributed by atoms with van der Waals surface area (Å²) in [6.07, 6.45) is 3.85. The van der Waals surface area contributed by atoms with Gasteiger partial charge in [0.2, 0.25) is 0 Å². The van der Waals surface area contributed by atoms with Crippen molar-refractivity contribution >= 4 is 0 Å². The molecule has 1 heteroatoms. The summed E-state index contributed by atoms with van der Waals surface area (Å²) in [5.74, 6) is 1.45. The molecule has 0 bridgehead atoms. The summed E-state index contributed by atoms with van der Waals surface area (Å²) in [5, 5.41) is 3.61. The summed E-state index contributed by atoms with van der Waals surface area (Å²) in [5.41, 5.74) is 1.59. The van der Waals surface area contributed by atoms with Crippen molar-refractivity contribution in [2.75, 3.05) is 0 Å². The van der Waals surface area contributed by atoms with E-state index in [1.165, 1.54) is 25.0 Å². The number of rotatable bonds is 4. The summed E-state index contributed by atoms with van der Waals surface area (Å²) < 4.78 is 0. The van der Waals surface area contributed by atoms with Gasteiger partial charge in [0.1, 0.15) is 0 Å². The predicted molar refractivity (Wildman–Crippen MR) is 58.5 cm³/mol. The maximum atomic E-state index is 4.08. The zero-order chi connectivity index (χ0) is 10.1. The minimum absolute atomic E-state index is 0.390. The van der Waals surface area contributed by atoms with Crippen molar-refractivity contribution in [1.29, 1.82) is 0 Å². The van der Waals surface area contributed by atoms with Crippen LogP contribution in [0.1, 0.15) is 47.0 Å². The highest BCUT2D eigenvalue weighted by molar-refractivity contribution is 5.08. The Morgan fingerprint density at radius 1 is 1.54 bits per heavy atom. The number of hydrogen-bond acceptors (Lipinski definition) is 1. The van der Waals surface area contributed by atoms with Crippen LogP contribution in [0.2, 0.25) is 0 Å². The molecule has 0 spiro atoms. The van der Waals surface area contributed by atoms with Crippen LogP contribution >= 0.6 is 0 Å². The summed E-state index contributed by atoms with van der Waals surface area (Å²) in [6, 6.07) is 0. The first-order valence-corrected chi connectivity index (χ1v) is 5.46. The quantitative estimate of drug-likeness (QED) is 0.701. The van der Waals surface area contributed by atoms with E-state index in [1.54, 1.807) is 0 Å². The molecule has 1 N–H and O–H groups in total. The van der Waals surface area contributed by atoms with Crippen LogP contribution in [0.15, 0.2) is 12.3 Å². The third-order valence-corrected chi connectivity index (χ3v) is 3.28. The second-order valence-corrected chi connectivity index (χ2v) is 4.95. The minimum Gasteiger partial charge on any atom is -0.383 e. The summed E-state index contributed by atoms with van der Waals surface area (Å²) in [4.78, 5) is 0. The molecule has 1 rings (SSSR count). The molecule has 0 aromatic heterocycles. The Morgan fingerprint density at radius 2 is 2.08 bits per heavy atom. The van der Waals surface area contributed by atoms with Gasteiger partial charge in [0.25, 0.3) is 0 Å². The molecule has 1 aliphatic rings. The Kier molecular flexibility index (Phi) is 3.05. The van der Waals surface area contributed by atoms with E-state index in [9.17, 15) is 0 Å². The van der Waals surface area contributed by atoms with Gasteiger partial charge >= 0.3 is 0 Å². The number of hydrogen-bond donors (Lipinski definition) is 1. The highest BCUT2D eigenvalue weighted by Gasteiger charge is 2.40. The number of allylic oxidation sites excluding steroid dienone is 1. The smallest absolute Gasteiger partial charge is 0.0373 e. The van der Waals surface area contributed by atoms with E-state index in [0.29, 0.717) is 11.5 Å². The fourth-order valence-electron chi connectivity index (χ4n) is 2.24. The van der Waals surface area contributed by atoms with E-state index in [0.717, 1.165) is 5.92 Å². The molecule has 0 amide bonds. The van der Waals surface area contributed by atoms with Crippen LogP contribution in [-0.4, -0.2) is 5.54 Å². The number of nitrogens with one attached hydrogen (secondary N) is 1. The zero-order valence-electron chi connectivity index (χ0n) is 9.48. The van der Waals surface area contributed by atoms with Crippen LogP contribution in [0.25, 0.3) is 0 Å². The van der Waals surface area contributed by atoms with Crippen LogP contribution in [0.4, 0.5) is 0 Å². The standard InChI is InChI=1S/C12H23N/c1-6-12(7-10(4)8-12)13-11(5)9(2)3/h9-10,13H,5-8H2,1-4H3. The van der Waals surface area contributed by atoms with Gasteiger partial charge < -0.3 is 5.32 Å². The highest BCUT2D eigenvalue weighted by atomic mass is 15.0. The fourth-order valence-corrected chi connectivity index (χ4v) is 2.24. The second-order valence-electron chi connectivity index (χ2n) is 4.95. The SMILES string of the molecule is C=C(NC1(CC)CC(C)C1)C(C)C. The summed E-state index contributed by atoms with van der Waals surface area (Å²) >= 11 is 0. The van der Waals surface area contributed by atoms with Gasteiger partial charge in [-0.15, -0.1) is 0 Å². The predicted octanol–water partition coefficient (Wildman–Crippen LogP) is 3.32. The average Bonchev–Trinajstić information content (AvgIpc) is 2.00. The molecule has 0 radical (unpaired) electrons. The van der Waals surface area contributed by atoms with Crippen LogP contribution in [0.5, 0.6) is 0 Å². The monoisotopic (exact) mass is 181 g/mol. The molecule has 1 fully saturated rings. The molecule has 0 unspecified atom stereocenters. The lowest BCUT2D eigenvalue weighted by Gasteiger charge is -2.48. The van der Waals surface area contributed by atoms with Crippen molar-refractivity contribution in [3.05, 3.63) is 12.3 Å². The Balaban J connectivity index is 2.46. The Bertz CT molecular complexity index is 187. The Morgan fingerprint density at radius 3 is 2.38 bits per heavy atom. The lowest BCUT2D eigenvalue weighted by Crippen LogP contribution is -2.54. The van der Waals surface area contributed by atoms with Gasteiger partial charge in [0.05, 0.1) is 0 Å². The van der Waals surface area contributed by atoms with E-state index < -0.39 is 0 Å². The normalized spacial score (nSPS) is 32.8. The van der Waals surface area contributed by atoms with Gasteiger partial charge in [-0.2, -0.15) is 0 Å². The van der Waals surface area contributed by atoms with Gasteiger partial charge in [-0.1, -0.05) is 34.3 Å². The summed E-state index contributed by atoms with van der Waals surface area (Å²) in [7, 11) is 0. The van der Waals surface area contributed by atoms with E-state index in [4.69, 9.17) is 0 Å². The Labute approximate surface area is 82.6 Å². The fraction of sp³-hybridized carbons (Fsp3) is 0.833. The van der Waals surface area contributed by atoms with Crippen LogP contribution in [-0.2, 0) is 0 Å². The van der Waals surface area contributed by atoms with Gasteiger partial charge in [-0.3, -0.25) is 0 Å². The van der Waals surface area contributed by atoms with Crippen molar-refractivity contribution < 1.29 is 0 Å².